The molecule has 0 amide bonds. The molecule has 3 rings (SSSR count). The number of aryl methyl sites for hydroxylation is 1. The lowest BCUT2D eigenvalue weighted by molar-refractivity contribution is -0.119. The second kappa shape index (κ2) is 3.80. The largest absolute Gasteiger partial charge is 0.338 e. The van der Waals surface area contributed by atoms with Gasteiger partial charge in [-0.3, -0.25) is 4.79 Å². The number of hydrogen-bond donors (Lipinski definition) is 0. The number of imidazole rings is 1. The lowest BCUT2D eigenvalue weighted by Gasteiger charge is -1.98. The van der Waals surface area contributed by atoms with Crippen molar-refractivity contribution >= 4 is 5.78 Å². The Morgan fingerprint density at radius 3 is 3.06 bits per heavy atom. The minimum atomic E-state index is -0.204. The highest BCUT2D eigenvalue weighted by Gasteiger charge is 2.31. The van der Waals surface area contributed by atoms with Crippen molar-refractivity contribution in [3.63, 3.8) is 0 Å². The zero-order valence-electron chi connectivity index (χ0n) is 9.46. The molecule has 2 aromatic rings. The van der Waals surface area contributed by atoms with Crippen LogP contribution in [0.25, 0.3) is 11.5 Å². The molecule has 2 heterocycles. The number of carbonyl (C=O) groups is 1. The third-order valence-electron chi connectivity index (χ3n) is 3.09. The minimum absolute atomic E-state index is 0.199. The fraction of sp³-hybridized carbons (Fsp3) is 0.455. The molecular weight excluding hydrogens is 220 g/mol. The van der Waals surface area contributed by atoms with E-state index in [0.717, 1.165) is 18.5 Å². The second-order valence-corrected chi connectivity index (χ2v) is 4.26. The molecule has 17 heavy (non-hydrogen) atoms. The first kappa shape index (κ1) is 10.2. The van der Waals surface area contributed by atoms with E-state index in [-0.39, 0.29) is 11.7 Å². The van der Waals surface area contributed by atoms with E-state index in [0.29, 0.717) is 18.1 Å². The van der Waals surface area contributed by atoms with Gasteiger partial charge in [0.2, 0.25) is 11.7 Å². The molecule has 6 nitrogen and oxygen atoms in total. The SMILES string of the molecule is Cn1cncc1-c1noc(C2CCCC2=O)n1. The second-order valence-electron chi connectivity index (χ2n) is 4.26. The maximum Gasteiger partial charge on any atom is 0.237 e. The molecule has 6 heteroatoms. The summed E-state index contributed by atoms with van der Waals surface area (Å²) in [5, 5.41) is 3.90. The Balaban J connectivity index is 1.93. The standard InChI is InChI=1S/C11H12N4O2/c1-15-6-12-5-8(15)10-13-11(17-14-10)7-3-2-4-9(7)16/h5-7H,2-4H2,1H3. The molecule has 1 fully saturated rings. The molecule has 0 N–H and O–H groups in total. The van der Waals surface area contributed by atoms with Crippen molar-refractivity contribution < 1.29 is 9.32 Å². The molecule has 0 radical (unpaired) electrons. The van der Waals surface area contributed by atoms with Gasteiger partial charge < -0.3 is 9.09 Å². The van der Waals surface area contributed by atoms with Crippen molar-refractivity contribution in [1.29, 1.82) is 0 Å². The fourth-order valence-corrected chi connectivity index (χ4v) is 2.13. The van der Waals surface area contributed by atoms with Crippen molar-refractivity contribution in [2.45, 2.75) is 25.2 Å². The Labute approximate surface area is 97.7 Å². The molecular formula is C11H12N4O2. The molecule has 2 aromatic heterocycles. The average molecular weight is 232 g/mol. The van der Waals surface area contributed by atoms with Crippen molar-refractivity contribution in [3.8, 4) is 11.5 Å². The summed E-state index contributed by atoms with van der Waals surface area (Å²) in [6.07, 6.45) is 5.68. The van der Waals surface area contributed by atoms with Gasteiger partial charge in [0.05, 0.1) is 18.4 Å². The summed E-state index contributed by atoms with van der Waals surface area (Å²) in [5.74, 6) is 0.915. The molecule has 88 valence electrons. The van der Waals surface area contributed by atoms with Crippen LogP contribution in [0, 0.1) is 0 Å². The van der Waals surface area contributed by atoms with Crippen LogP contribution in [0.2, 0.25) is 0 Å². The average Bonchev–Trinajstić information content (AvgIpc) is 2.97. The van der Waals surface area contributed by atoms with Gasteiger partial charge in [0.15, 0.2) is 0 Å². The van der Waals surface area contributed by atoms with Crippen molar-refractivity contribution in [1.82, 2.24) is 19.7 Å². The topological polar surface area (TPSA) is 73.8 Å². The Hall–Kier alpha value is -1.98. The third-order valence-corrected chi connectivity index (χ3v) is 3.09. The molecule has 1 saturated carbocycles. The predicted molar refractivity (Wildman–Crippen MR) is 58.1 cm³/mol. The van der Waals surface area contributed by atoms with E-state index < -0.39 is 0 Å². The summed E-state index contributed by atoms with van der Waals surface area (Å²) >= 11 is 0. The van der Waals surface area contributed by atoms with E-state index in [2.05, 4.69) is 15.1 Å². The summed E-state index contributed by atoms with van der Waals surface area (Å²) in [6.45, 7) is 0. The highest BCUT2D eigenvalue weighted by Crippen LogP contribution is 2.30. The number of Topliss-reactive ketones (excluding diaryl/α,β-unsaturated/α-hetero) is 1. The predicted octanol–water partition coefficient (Wildman–Crippen LogP) is 1.31. The van der Waals surface area contributed by atoms with E-state index in [4.69, 9.17) is 4.52 Å². The fourth-order valence-electron chi connectivity index (χ4n) is 2.13. The zero-order chi connectivity index (χ0) is 11.8. The highest BCUT2D eigenvalue weighted by molar-refractivity contribution is 5.86. The summed E-state index contributed by atoms with van der Waals surface area (Å²) in [4.78, 5) is 19.9. The van der Waals surface area contributed by atoms with Gasteiger partial charge in [-0.05, 0) is 12.8 Å². The van der Waals surface area contributed by atoms with Crippen LogP contribution in [0.4, 0.5) is 0 Å². The van der Waals surface area contributed by atoms with Crippen LogP contribution in [0.5, 0.6) is 0 Å². The lowest BCUT2D eigenvalue weighted by atomic mass is 10.1. The molecule has 0 aliphatic heterocycles. The minimum Gasteiger partial charge on any atom is -0.338 e. The maximum atomic E-state index is 11.6. The van der Waals surface area contributed by atoms with Gasteiger partial charge in [-0.25, -0.2) is 4.98 Å². The molecule has 1 atom stereocenters. The lowest BCUT2D eigenvalue weighted by Crippen LogP contribution is -2.04. The number of nitrogens with zero attached hydrogens (tertiary/aromatic N) is 4. The van der Waals surface area contributed by atoms with E-state index >= 15 is 0 Å². The van der Waals surface area contributed by atoms with Crippen molar-refractivity contribution in [2.24, 2.45) is 7.05 Å². The third kappa shape index (κ3) is 1.65. The Kier molecular flexibility index (Phi) is 2.28. The summed E-state index contributed by atoms with van der Waals surface area (Å²) < 4.78 is 6.99. The molecule has 1 aliphatic rings. The zero-order valence-corrected chi connectivity index (χ0v) is 9.46. The van der Waals surface area contributed by atoms with Crippen molar-refractivity contribution in [3.05, 3.63) is 18.4 Å². The van der Waals surface area contributed by atoms with Gasteiger partial charge in [0.25, 0.3) is 0 Å². The van der Waals surface area contributed by atoms with Crippen molar-refractivity contribution in [2.75, 3.05) is 0 Å². The van der Waals surface area contributed by atoms with Crippen LogP contribution >= 0.6 is 0 Å². The Morgan fingerprint density at radius 1 is 1.53 bits per heavy atom. The number of rotatable bonds is 2. The van der Waals surface area contributed by atoms with E-state index in [9.17, 15) is 4.79 Å². The Bertz CT molecular complexity index is 557. The molecule has 0 aromatic carbocycles. The normalized spacial score (nSPS) is 20.1. The summed E-state index contributed by atoms with van der Waals surface area (Å²) in [7, 11) is 1.86. The number of hydrogen-bond acceptors (Lipinski definition) is 5. The van der Waals surface area contributed by atoms with Crippen LogP contribution in [0.15, 0.2) is 17.0 Å². The first-order chi connectivity index (χ1) is 8.25. The van der Waals surface area contributed by atoms with Crippen LogP contribution in [0.1, 0.15) is 31.1 Å². The number of carbonyl (C=O) groups excluding carboxylic acids is 1. The van der Waals surface area contributed by atoms with E-state index in [1.807, 2.05) is 11.6 Å². The quantitative estimate of drug-likeness (QED) is 0.780. The van der Waals surface area contributed by atoms with Crippen LogP contribution < -0.4 is 0 Å². The van der Waals surface area contributed by atoms with Gasteiger partial charge in [0.1, 0.15) is 11.5 Å². The molecule has 0 bridgehead atoms. The molecule has 0 saturated heterocycles. The van der Waals surface area contributed by atoms with Gasteiger partial charge in [0, 0.05) is 13.5 Å². The van der Waals surface area contributed by atoms with E-state index in [1.54, 1.807) is 12.5 Å². The summed E-state index contributed by atoms with van der Waals surface area (Å²) in [5.41, 5.74) is 0.783. The number of ketones is 1. The molecule has 1 aliphatic carbocycles. The monoisotopic (exact) mass is 232 g/mol. The molecule has 1 unspecified atom stereocenters. The smallest absolute Gasteiger partial charge is 0.237 e. The number of aromatic nitrogens is 4. The van der Waals surface area contributed by atoms with Gasteiger partial charge in [-0.15, -0.1) is 0 Å². The maximum absolute atomic E-state index is 11.6. The van der Waals surface area contributed by atoms with Gasteiger partial charge in [-0.2, -0.15) is 4.98 Å². The molecule has 0 spiro atoms. The van der Waals surface area contributed by atoms with Gasteiger partial charge in [-0.1, -0.05) is 5.16 Å². The first-order valence-corrected chi connectivity index (χ1v) is 5.58. The first-order valence-electron chi connectivity index (χ1n) is 5.58. The van der Waals surface area contributed by atoms with Crippen LogP contribution in [-0.4, -0.2) is 25.5 Å². The highest BCUT2D eigenvalue weighted by atomic mass is 16.5. The summed E-state index contributed by atoms with van der Waals surface area (Å²) in [6, 6.07) is 0. The van der Waals surface area contributed by atoms with Crippen LogP contribution in [0.3, 0.4) is 0 Å². The Morgan fingerprint density at radius 2 is 2.41 bits per heavy atom. The van der Waals surface area contributed by atoms with E-state index in [1.165, 1.54) is 0 Å². The van der Waals surface area contributed by atoms with Gasteiger partial charge >= 0.3 is 0 Å². The van der Waals surface area contributed by atoms with Crippen LogP contribution in [-0.2, 0) is 11.8 Å².